The second-order valence-electron chi connectivity index (χ2n) is 6.06. The van der Waals surface area contributed by atoms with Crippen LogP contribution in [0.5, 0.6) is 0 Å². The van der Waals surface area contributed by atoms with Gasteiger partial charge in [0.1, 0.15) is 5.52 Å². The monoisotopic (exact) mass is 261 g/mol. The highest BCUT2D eigenvalue weighted by Gasteiger charge is 2.20. The summed E-state index contributed by atoms with van der Waals surface area (Å²) in [7, 11) is 2.02. The van der Waals surface area contributed by atoms with E-state index in [1.54, 1.807) is 6.20 Å². The van der Waals surface area contributed by atoms with Crippen molar-refractivity contribution in [1.82, 2.24) is 14.6 Å². The van der Waals surface area contributed by atoms with Crippen LogP contribution >= 0.6 is 0 Å². The zero-order valence-electron chi connectivity index (χ0n) is 12.4. The van der Waals surface area contributed by atoms with E-state index in [1.807, 2.05) is 17.8 Å². The molecule has 0 saturated heterocycles. The Hall–Kier alpha value is -1.62. The lowest BCUT2D eigenvalue weighted by molar-refractivity contribution is 0.562. The quantitative estimate of drug-likeness (QED) is 0.915. The van der Waals surface area contributed by atoms with Gasteiger partial charge in [0.15, 0.2) is 5.82 Å². The van der Waals surface area contributed by atoms with E-state index >= 15 is 0 Å². The van der Waals surface area contributed by atoms with E-state index in [9.17, 15) is 0 Å². The molecule has 5 heteroatoms. The second-order valence-corrected chi connectivity index (χ2v) is 6.06. The summed E-state index contributed by atoms with van der Waals surface area (Å²) in [4.78, 5) is 6.58. The SMILES string of the molecule is CC(CN)N(C)c1nccn2nc(C(C)(C)C)cc12. The molecule has 0 amide bonds. The zero-order chi connectivity index (χ0) is 14.2. The fourth-order valence-corrected chi connectivity index (χ4v) is 1.91. The van der Waals surface area contributed by atoms with Gasteiger partial charge in [-0.05, 0) is 13.0 Å². The summed E-state index contributed by atoms with van der Waals surface area (Å²) in [6, 6.07) is 2.36. The molecule has 1 unspecified atom stereocenters. The predicted molar refractivity (Wildman–Crippen MR) is 78.6 cm³/mol. The van der Waals surface area contributed by atoms with E-state index in [2.05, 4.69) is 48.7 Å². The highest BCUT2D eigenvalue weighted by atomic mass is 15.3. The van der Waals surface area contributed by atoms with Crippen molar-refractivity contribution in [2.45, 2.75) is 39.2 Å². The number of hydrogen-bond acceptors (Lipinski definition) is 4. The third-order valence-electron chi connectivity index (χ3n) is 3.47. The maximum Gasteiger partial charge on any atom is 0.154 e. The highest BCUT2D eigenvalue weighted by molar-refractivity contribution is 5.69. The fraction of sp³-hybridized carbons (Fsp3) is 0.571. The van der Waals surface area contributed by atoms with Crippen molar-refractivity contribution in [3.63, 3.8) is 0 Å². The second kappa shape index (κ2) is 4.81. The third-order valence-corrected chi connectivity index (χ3v) is 3.47. The van der Waals surface area contributed by atoms with E-state index in [-0.39, 0.29) is 11.5 Å². The van der Waals surface area contributed by atoms with E-state index in [0.29, 0.717) is 6.54 Å². The van der Waals surface area contributed by atoms with Gasteiger partial charge in [-0.2, -0.15) is 5.10 Å². The number of likely N-dealkylation sites (N-methyl/N-ethyl adjacent to an activating group) is 1. The Morgan fingerprint density at radius 2 is 2.11 bits per heavy atom. The number of fused-ring (bicyclic) bond motifs is 1. The average molecular weight is 261 g/mol. The molecule has 2 N–H and O–H groups in total. The number of rotatable bonds is 3. The molecule has 2 aromatic rings. The van der Waals surface area contributed by atoms with Gasteiger partial charge in [0.05, 0.1) is 5.69 Å². The van der Waals surface area contributed by atoms with Crippen molar-refractivity contribution < 1.29 is 0 Å². The summed E-state index contributed by atoms with van der Waals surface area (Å²) < 4.78 is 1.89. The van der Waals surface area contributed by atoms with Crippen LogP contribution in [-0.2, 0) is 5.41 Å². The van der Waals surface area contributed by atoms with Gasteiger partial charge in [0, 0.05) is 37.4 Å². The van der Waals surface area contributed by atoms with Gasteiger partial charge in [0.2, 0.25) is 0 Å². The third kappa shape index (κ3) is 2.56. The minimum Gasteiger partial charge on any atom is -0.354 e. The summed E-state index contributed by atoms with van der Waals surface area (Å²) in [5.74, 6) is 0.920. The van der Waals surface area contributed by atoms with E-state index in [0.717, 1.165) is 17.0 Å². The Bertz CT molecular complexity index is 567. The lowest BCUT2D eigenvalue weighted by atomic mass is 9.92. The topological polar surface area (TPSA) is 59.5 Å². The van der Waals surface area contributed by atoms with Crippen LogP contribution < -0.4 is 10.6 Å². The minimum absolute atomic E-state index is 0.0291. The van der Waals surface area contributed by atoms with Crippen molar-refractivity contribution in [3.05, 3.63) is 24.2 Å². The molecule has 0 saturated carbocycles. The first-order valence-electron chi connectivity index (χ1n) is 6.62. The van der Waals surface area contributed by atoms with Gasteiger partial charge in [0.25, 0.3) is 0 Å². The van der Waals surface area contributed by atoms with Gasteiger partial charge < -0.3 is 10.6 Å². The fourth-order valence-electron chi connectivity index (χ4n) is 1.91. The first-order valence-corrected chi connectivity index (χ1v) is 6.62. The maximum atomic E-state index is 5.74. The molecule has 0 fully saturated rings. The van der Waals surface area contributed by atoms with Crippen LogP contribution in [0, 0.1) is 0 Å². The van der Waals surface area contributed by atoms with Crippen LogP contribution in [-0.4, -0.2) is 34.2 Å². The molecular weight excluding hydrogens is 238 g/mol. The van der Waals surface area contributed by atoms with Crippen molar-refractivity contribution in [2.75, 3.05) is 18.5 Å². The number of aromatic nitrogens is 3. The summed E-state index contributed by atoms with van der Waals surface area (Å²) in [6.45, 7) is 9.17. The average Bonchev–Trinajstić information content (AvgIpc) is 2.80. The van der Waals surface area contributed by atoms with E-state index in [1.165, 1.54) is 0 Å². The molecule has 1 atom stereocenters. The molecule has 0 aliphatic rings. The van der Waals surface area contributed by atoms with Crippen molar-refractivity contribution in [2.24, 2.45) is 5.73 Å². The molecule has 0 aliphatic carbocycles. The Balaban J connectivity index is 2.54. The van der Waals surface area contributed by atoms with E-state index in [4.69, 9.17) is 5.73 Å². The molecular formula is C14H23N5. The van der Waals surface area contributed by atoms with Gasteiger partial charge in [-0.15, -0.1) is 0 Å². The molecule has 5 nitrogen and oxygen atoms in total. The van der Waals surface area contributed by atoms with Crippen LogP contribution in [0.1, 0.15) is 33.4 Å². The summed E-state index contributed by atoms with van der Waals surface area (Å²) >= 11 is 0. The lowest BCUT2D eigenvalue weighted by Gasteiger charge is -2.24. The number of nitrogens with two attached hydrogens (primary N) is 1. The van der Waals surface area contributed by atoms with Crippen LogP contribution in [0.15, 0.2) is 18.5 Å². The number of hydrogen-bond donors (Lipinski definition) is 1. The van der Waals surface area contributed by atoms with E-state index < -0.39 is 0 Å². The zero-order valence-corrected chi connectivity index (χ0v) is 12.4. The molecule has 0 radical (unpaired) electrons. The Morgan fingerprint density at radius 1 is 1.42 bits per heavy atom. The van der Waals surface area contributed by atoms with Crippen molar-refractivity contribution in [1.29, 1.82) is 0 Å². The van der Waals surface area contributed by atoms with Crippen molar-refractivity contribution in [3.8, 4) is 0 Å². The molecule has 104 valence electrons. The van der Waals surface area contributed by atoms with Crippen LogP contribution in [0.2, 0.25) is 0 Å². The predicted octanol–water partition coefficient (Wildman–Crippen LogP) is 1.81. The molecule has 2 aromatic heterocycles. The first kappa shape index (κ1) is 13.8. The Labute approximate surface area is 114 Å². The molecule has 19 heavy (non-hydrogen) atoms. The lowest BCUT2D eigenvalue weighted by Crippen LogP contribution is -2.36. The van der Waals surface area contributed by atoms with Gasteiger partial charge in [-0.25, -0.2) is 9.50 Å². The van der Waals surface area contributed by atoms with Crippen molar-refractivity contribution >= 4 is 11.3 Å². The first-order chi connectivity index (χ1) is 8.84. The summed E-state index contributed by atoms with van der Waals surface area (Å²) in [5, 5.41) is 4.63. The van der Waals surface area contributed by atoms with Crippen LogP contribution in [0.4, 0.5) is 5.82 Å². The smallest absolute Gasteiger partial charge is 0.154 e. The minimum atomic E-state index is 0.0291. The molecule has 2 rings (SSSR count). The normalized spacial score (nSPS) is 13.8. The number of anilines is 1. The molecule has 2 heterocycles. The Morgan fingerprint density at radius 3 is 2.68 bits per heavy atom. The largest absolute Gasteiger partial charge is 0.354 e. The van der Waals surface area contributed by atoms with Gasteiger partial charge in [-0.1, -0.05) is 20.8 Å². The highest BCUT2D eigenvalue weighted by Crippen LogP contribution is 2.26. The molecule has 0 spiro atoms. The Kier molecular flexibility index (Phi) is 3.49. The summed E-state index contributed by atoms with van der Waals surface area (Å²) in [5.41, 5.74) is 7.85. The molecule has 0 bridgehead atoms. The number of nitrogens with zero attached hydrogens (tertiary/aromatic N) is 4. The van der Waals surface area contributed by atoms with Crippen LogP contribution in [0.3, 0.4) is 0 Å². The molecule has 0 aromatic carbocycles. The standard InChI is InChI=1S/C14H23N5/c1-10(9-15)18(5)13-11-8-12(14(2,3)4)17-19(11)7-6-16-13/h6-8,10H,9,15H2,1-5H3. The molecule has 0 aliphatic heterocycles. The van der Waals surface area contributed by atoms with Crippen LogP contribution in [0.25, 0.3) is 5.52 Å². The van der Waals surface area contributed by atoms with Gasteiger partial charge in [-0.3, -0.25) is 0 Å². The maximum absolute atomic E-state index is 5.74. The summed E-state index contributed by atoms with van der Waals surface area (Å²) in [6.07, 6.45) is 3.66. The van der Waals surface area contributed by atoms with Gasteiger partial charge >= 0.3 is 0 Å².